The molecule has 1 aromatic heterocycles. The van der Waals surface area contributed by atoms with E-state index in [0.717, 1.165) is 18.7 Å². The Morgan fingerprint density at radius 1 is 1.42 bits per heavy atom. The zero-order valence-corrected chi connectivity index (χ0v) is 12.7. The van der Waals surface area contributed by atoms with Crippen molar-refractivity contribution in [2.24, 2.45) is 5.92 Å². The highest BCUT2D eigenvalue weighted by Crippen LogP contribution is 2.15. The first-order chi connectivity index (χ1) is 8.93. The van der Waals surface area contributed by atoms with Crippen LogP contribution >= 0.6 is 0 Å². The molecule has 110 valence electrons. The Morgan fingerprint density at radius 2 is 2.16 bits per heavy atom. The summed E-state index contributed by atoms with van der Waals surface area (Å²) in [7, 11) is 1.70. The standard InChI is InChI=1S/C14H26N2O3/c1-11(2)8-15-9-12-10-19-13(16-12)18-7-6-14(3,4)17-5/h10-11,15H,6-9H2,1-5H3. The molecule has 0 aliphatic carbocycles. The highest BCUT2D eigenvalue weighted by Gasteiger charge is 2.16. The van der Waals surface area contributed by atoms with Crippen LogP contribution < -0.4 is 10.1 Å². The van der Waals surface area contributed by atoms with Gasteiger partial charge in [0, 0.05) is 20.1 Å². The molecule has 0 aromatic carbocycles. The predicted molar refractivity (Wildman–Crippen MR) is 74.2 cm³/mol. The SMILES string of the molecule is COC(C)(C)CCOc1nc(CNCC(C)C)co1. The van der Waals surface area contributed by atoms with E-state index in [0.29, 0.717) is 25.1 Å². The van der Waals surface area contributed by atoms with Gasteiger partial charge in [0.2, 0.25) is 0 Å². The van der Waals surface area contributed by atoms with E-state index in [4.69, 9.17) is 13.9 Å². The molecule has 0 radical (unpaired) electrons. The topological polar surface area (TPSA) is 56.5 Å². The summed E-state index contributed by atoms with van der Waals surface area (Å²) in [6, 6.07) is 0. The molecule has 1 N–H and O–H groups in total. The minimum Gasteiger partial charge on any atom is -0.450 e. The van der Waals surface area contributed by atoms with Crippen molar-refractivity contribution in [2.75, 3.05) is 20.3 Å². The van der Waals surface area contributed by atoms with Gasteiger partial charge >= 0.3 is 6.08 Å². The van der Waals surface area contributed by atoms with Gasteiger partial charge in [0.15, 0.2) is 0 Å². The maximum atomic E-state index is 5.47. The lowest BCUT2D eigenvalue weighted by molar-refractivity contribution is 0.00291. The Balaban J connectivity index is 2.27. The average Bonchev–Trinajstić information content (AvgIpc) is 2.76. The number of nitrogens with one attached hydrogen (secondary N) is 1. The first-order valence-corrected chi connectivity index (χ1v) is 6.76. The van der Waals surface area contributed by atoms with Crippen molar-refractivity contribution >= 4 is 0 Å². The first-order valence-electron chi connectivity index (χ1n) is 6.76. The number of methoxy groups -OCH3 is 1. The van der Waals surface area contributed by atoms with Crippen LogP contribution in [0.3, 0.4) is 0 Å². The molecule has 0 amide bonds. The van der Waals surface area contributed by atoms with Crippen LogP contribution in [0.25, 0.3) is 0 Å². The van der Waals surface area contributed by atoms with Crippen molar-refractivity contribution in [3.8, 4) is 6.08 Å². The molecule has 0 spiro atoms. The third kappa shape index (κ3) is 6.59. The smallest absolute Gasteiger partial charge is 0.393 e. The molecule has 0 atom stereocenters. The molecule has 0 saturated heterocycles. The quantitative estimate of drug-likeness (QED) is 0.747. The lowest BCUT2D eigenvalue weighted by Crippen LogP contribution is -2.25. The van der Waals surface area contributed by atoms with Crippen molar-refractivity contribution in [2.45, 2.75) is 46.3 Å². The summed E-state index contributed by atoms with van der Waals surface area (Å²) in [5.41, 5.74) is 0.676. The summed E-state index contributed by atoms with van der Waals surface area (Å²) in [6.45, 7) is 10.6. The molecule has 5 nitrogen and oxygen atoms in total. The fraction of sp³-hybridized carbons (Fsp3) is 0.786. The summed E-state index contributed by atoms with van der Waals surface area (Å²) in [5.74, 6) is 0.624. The van der Waals surface area contributed by atoms with Crippen molar-refractivity contribution in [3.63, 3.8) is 0 Å². The molecule has 1 rings (SSSR count). The molecule has 0 aliphatic heterocycles. The highest BCUT2D eigenvalue weighted by molar-refractivity contribution is 4.99. The second-order valence-corrected chi connectivity index (χ2v) is 5.69. The zero-order valence-electron chi connectivity index (χ0n) is 12.7. The number of nitrogens with zero attached hydrogens (tertiary/aromatic N) is 1. The molecule has 0 saturated carbocycles. The number of hydrogen-bond acceptors (Lipinski definition) is 5. The van der Waals surface area contributed by atoms with Gasteiger partial charge in [-0.2, -0.15) is 4.98 Å². The van der Waals surface area contributed by atoms with Crippen LogP contribution in [0.1, 0.15) is 39.8 Å². The Hall–Kier alpha value is -1.07. The lowest BCUT2D eigenvalue weighted by atomic mass is 10.1. The van der Waals surface area contributed by atoms with Gasteiger partial charge in [-0.3, -0.25) is 0 Å². The van der Waals surface area contributed by atoms with Crippen molar-refractivity contribution in [1.29, 1.82) is 0 Å². The number of rotatable bonds is 9. The molecule has 1 heterocycles. The largest absolute Gasteiger partial charge is 0.450 e. The van der Waals surface area contributed by atoms with Crippen molar-refractivity contribution < 1.29 is 13.9 Å². The van der Waals surface area contributed by atoms with Gasteiger partial charge < -0.3 is 19.2 Å². The van der Waals surface area contributed by atoms with Gasteiger partial charge in [-0.15, -0.1) is 0 Å². The number of hydrogen-bond donors (Lipinski definition) is 1. The van der Waals surface area contributed by atoms with Crippen LogP contribution in [-0.4, -0.2) is 30.8 Å². The van der Waals surface area contributed by atoms with Crippen molar-refractivity contribution in [3.05, 3.63) is 12.0 Å². The van der Waals surface area contributed by atoms with Gasteiger partial charge in [-0.1, -0.05) is 13.8 Å². The van der Waals surface area contributed by atoms with Crippen LogP contribution in [0, 0.1) is 5.92 Å². The summed E-state index contributed by atoms with van der Waals surface area (Å²) in [6.07, 6.45) is 2.74. The zero-order chi connectivity index (χ0) is 14.3. The number of aromatic nitrogens is 1. The molecule has 1 aromatic rings. The lowest BCUT2D eigenvalue weighted by Gasteiger charge is -2.21. The second-order valence-electron chi connectivity index (χ2n) is 5.69. The maximum absolute atomic E-state index is 5.47. The maximum Gasteiger partial charge on any atom is 0.393 e. The fourth-order valence-electron chi connectivity index (χ4n) is 1.41. The van der Waals surface area contributed by atoms with Crippen LogP contribution in [0.4, 0.5) is 0 Å². The molecule has 0 aliphatic rings. The van der Waals surface area contributed by atoms with Gasteiger partial charge in [0.25, 0.3) is 0 Å². The third-order valence-corrected chi connectivity index (χ3v) is 2.87. The average molecular weight is 270 g/mol. The minimum atomic E-state index is -0.186. The molecule has 19 heavy (non-hydrogen) atoms. The Bertz CT molecular complexity index is 361. The van der Waals surface area contributed by atoms with Crippen LogP contribution in [-0.2, 0) is 11.3 Å². The van der Waals surface area contributed by atoms with Crippen molar-refractivity contribution in [1.82, 2.24) is 10.3 Å². The van der Waals surface area contributed by atoms with Crippen LogP contribution in [0.15, 0.2) is 10.7 Å². The van der Waals surface area contributed by atoms with Crippen LogP contribution in [0.2, 0.25) is 0 Å². The van der Waals surface area contributed by atoms with E-state index in [1.54, 1.807) is 13.4 Å². The molecular weight excluding hydrogens is 244 g/mol. The third-order valence-electron chi connectivity index (χ3n) is 2.87. The highest BCUT2D eigenvalue weighted by atomic mass is 16.6. The predicted octanol–water partition coefficient (Wildman–Crippen LogP) is 2.61. The number of oxazole rings is 1. The molecule has 0 bridgehead atoms. The molecule has 0 fully saturated rings. The molecule has 5 heteroatoms. The van der Waals surface area contributed by atoms with Gasteiger partial charge in [-0.05, 0) is 26.3 Å². The van der Waals surface area contributed by atoms with E-state index in [9.17, 15) is 0 Å². The molecular formula is C14H26N2O3. The summed E-state index contributed by atoms with van der Waals surface area (Å²) < 4.78 is 16.0. The Kier molecular flexibility index (Phi) is 6.31. The van der Waals surface area contributed by atoms with Gasteiger partial charge in [-0.25, -0.2) is 0 Å². The summed E-state index contributed by atoms with van der Waals surface area (Å²) in [5, 5.41) is 3.31. The second kappa shape index (κ2) is 7.50. The van der Waals surface area contributed by atoms with E-state index >= 15 is 0 Å². The van der Waals surface area contributed by atoms with Gasteiger partial charge in [0.05, 0.1) is 17.9 Å². The summed E-state index contributed by atoms with van der Waals surface area (Å²) in [4.78, 5) is 4.26. The van der Waals surface area contributed by atoms with Crippen LogP contribution in [0.5, 0.6) is 6.08 Å². The monoisotopic (exact) mass is 270 g/mol. The summed E-state index contributed by atoms with van der Waals surface area (Å²) >= 11 is 0. The van der Waals surface area contributed by atoms with E-state index < -0.39 is 0 Å². The van der Waals surface area contributed by atoms with E-state index in [2.05, 4.69) is 24.1 Å². The Morgan fingerprint density at radius 3 is 2.79 bits per heavy atom. The number of ether oxygens (including phenoxy) is 2. The normalized spacial score (nSPS) is 12.1. The van der Waals surface area contributed by atoms with E-state index in [-0.39, 0.29) is 5.60 Å². The fourth-order valence-corrected chi connectivity index (χ4v) is 1.41. The van der Waals surface area contributed by atoms with Gasteiger partial charge in [0.1, 0.15) is 6.26 Å². The van der Waals surface area contributed by atoms with E-state index in [1.165, 1.54) is 0 Å². The Labute approximate surface area is 115 Å². The minimum absolute atomic E-state index is 0.186. The first kappa shape index (κ1) is 16.0. The molecule has 0 unspecified atom stereocenters. The van der Waals surface area contributed by atoms with E-state index in [1.807, 2.05) is 13.8 Å².